The van der Waals surface area contributed by atoms with Crippen molar-refractivity contribution in [3.05, 3.63) is 27.7 Å². The first kappa shape index (κ1) is 12.4. The maximum Gasteiger partial charge on any atom is 0.303 e. The number of benzene rings is 1. The number of carboxylic acid groups (broad SMARTS) is 1. The van der Waals surface area contributed by atoms with Gasteiger partial charge in [-0.05, 0) is 53.4 Å². The van der Waals surface area contributed by atoms with E-state index in [1.165, 1.54) is 0 Å². The molecule has 0 atom stereocenters. The summed E-state index contributed by atoms with van der Waals surface area (Å²) in [4.78, 5) is 10.6. The van der Waals surface area contributed by atoms with Crippen LogP contribution in [0, 0.1) is 0 Å². The Morgan fingerprint density at radius 3 is 2.88 bits per heavy atom. The van der Waals surface area contributed by atoms with Gasteiger partial charge in [-0.2, -0.15) is 0 Å². The molecule has 1 aromatic rings. The number of aryl methyl sites for hydroxylation is 1. The van der Waals surface area contributed by atoms with E-state index in [9.17, 15) is 4.79 Å². The highest BCUT2D eigenvalue weighted by atomic mass is 79.9. The summed E-state index contributed by atoms with van der Waals surface area (Å²) < 4.78 is 6.76. The molecule has 1 N–H and O–H groups in total. The Labute approximate surface area is 109 Å². The number of aliphatic carboxylic acids is 1. The molecule has 0 aliphatic carbocycles. The van der Waals surface area contributed by atoms with Crippen molar-refractivity contribution in [2.24, 2.45) is 0 Å². The Hall–Kier alpha value is -1.03. The van der Waals surface area contributed by atoms with Crippen LogP contribution in [-0.4, -0.2) is 16.7 Å². The molecule has 92 valence electrons. The summed E-state index contributed by atoms with van der Waals surface area (Å²) >= 11 is 3.48. The molecule has 17 heavy (non-hydrogen) atoms. The molecule has 0 bridgehead atoms. The summed E-state index contributed by atoms with van der Waals surface area (Å²) in [7, 11) is 0. The highest BCUT2D eigenvalue weighted by Crippen LogP contribution is 2.41. The summed E-state index contributed by atoms with van der Waals surface area (Å²) in [6, 6.07) is 4.00. The van der Waals surface area contributed by atoms with E-state index in [1.807, 2.05) is 6.07 Å². The number of carboxylic acids is 1. The van der Waals surface area contributed by atoms with Gasteiger partial charge in [0.05, 0.1) is 4.47 Å². The Kier molecular flexibility index (Phi) is 3.17. The van der Waals surface area contributed by atoms with Crippen molar-refractivity contribution in [2.75, 3.05) is 0 Å². The average Bonchev–Trinajstić information content (AvgIpc) is 2.50. The Morgan fingerprint density at radius 2 is 2.24 bits per heavy atom. The van der Waals surface area contributed by atoms with Crippen molar-refractivity contribution in [3.63, 3.8) is 0 Å². The molecule has 0 aromatic heterocycles. The van der Waals surface area contributed by atoms with Crippen LogP contribution >= 0.6 is 15.9 Å². The van der Waals surface area contributed by atoms with Crippen LogP contribution in [0.1, 0.15) is 31.4 Å². The second kappa shape index (κ2) is 4.33. The van der Waals surface area contributed by atoms with Crippen LogP contribution in [0.2, 0.25) is 0 Å². The summed E-state index contributed by atoms with van der Waals surface area (Å²) in [5.41, 5.74) is 2.03. The van der Waals surface area contributed by atoms with Crippen molar-refractivity contribution in [3.8, 4) is 5.75 Å². The van der Waals surface area contributed by atoms with Gasteiger partial charge in [0.15, 0.2) is 0 Å². The standard InChI is InChI=1S/C13H15BrO3/c1-13(2)7-9-5-8(3-4-11(15)16)6-10(14)12(9)17-13/h5-6H,3-4,7H2,1-2H3,(H,15,16). The smallest absolute Gasteiger partial charge is 0.303 e. The fourth-order valence-electron chi connectivity index (χ4n) is 2.12. The van der Waals surface area contributed by atoms with E-state index in [2.05, 4.69) is 35.8 Å². The van der Waals surface area contributed by atoms with Gasteiger partial charge in [-0.1, -0.05) is 6.07 Å². The summed E-state index contributed by atoms with van der Waals surface area (Å²) in [5, 5.41) is 8.68. The first-order valence-electron chi connectivity index (χ1n) is 5.59. The van der Waals surface area contributed by atoms with E-state index < -0.39 is 5.97 Å². The minimum Gasteiger partial charge on any atom is -0.486 e. The predicted octanol–water partition coefficient (Wildman–Crippen LogP) is 3.18. The molecular weight excluding hydrogens is 284 g/mol. The molecule has 0 amide bonds. The van der Waals surface area contributed by atoms with Crippen molar-refractivity contribution in [2.45, 2.75) is 38.7 Å². The zero-order valence-electron chi connectivity index (χ0n) is 9.92. The highest BCUT2D eigenvalue weighted by Gasteiger charge is 2.31. The van der Waals surface area contributed by atoms with Crippen LogP contribution in [0.4, 0.5) is 0 Å². The van der Waals surface area contributed by atoms with Crippen LogP contribution in [0.3, 0.4) is 0 Å². The number of halogens is 1. The molecule has 0 saturated carbocycles. The van der Waals surface area contributed by atoms with E-state index >= 15 is 0 Å². The third kappa shape index (κ3) is 2.80. The molecule has 0 unspecified atom stereocenters. The van der Waals surface area contributed by atoms with Crippen LogP contribution in [-0.2, 0) is 17.6 Å². The first-order chi connectivity index (χ1) is 7.87. The second-order valence-electron chi connectivity index (χ2n) is 5.00. The summed E-state index contributed by atoms with van der Waals surface area (Å²) in [5.74, 6) is 0.132. The molecule has 0 radical (unpaired) electrons. The third-order valence-corrected chi connectivity index (χ3v) is 3.39. The highest BCUT2D eigenvalue weighted by molar-refractivity contribution is 9.10. The lowest BCUT2D eigenvalue weighted by Crippen LogP contribution is -2.24. The third-order valence-electron chi connectivity index (χ3n) is 2.80. The average molecular weight is 299 g/mol. The lowest BCUT2D eigenvalue weighted by atomic mass is 9.99. The van der Waals surface area contributed by atoms with Crippen molar-refractivity contribution in [1.82, 2.24) is 0 Å². The van der Waals surface area contributed by atoms with E-state index in [4.69, 9.17) is 9.84 Å². The molecule has 0 spiro atoms. The largest absolute Gasteiger partial charge is 0.486 e. The Bertz CT molecular complexity index is 466. The molecule has 2 rings (SSSR count). The molecule has 1 heterocycles. The molecular formula is C13H15BrO3. The van der Waals surface area contributed by atoms with Gasteiger partial charge in [-0.25, -0.2) is 0 Å². The minimum absolute atomic E-state index is 0.162. The lowest BCUT2D eigenvalue weighted by Gasteiger charge is -2.17. The normalized spacial score (nSPS) is 16.4. The number of rotatable bonds is 3. The quantitative estimate of drug-likeness (QED) is 0.932. The van der Waals surface area contributed by atoms with Crippen LogP contribution in [0.15, 0.2) is 16.6 Å². The predicted molar refractivity (Wildman–Crippen MR) is 68.5 cm³/mol. The zero-order chi connectivity index (χ0) is 12.6. The van der Waals surface area contributed by atoms with Crippen LogP contribution in [0.5, 0.6) is 5.75 Å². The maximum atomic E-state index is 10.6. The van der Waals surface area contributed by atoms with Crippen LogP contribution < -0.4 is 4.74 Å². The van der Waals surface area contributed by atoms with Crippen molar-refractivity contribution in [1.29, 1.82) is 0 Å². The van der Waals surface area contributed by atoms with Gasteiger partial charge in [0.2, 0.25) is 0 Å². The number of hydrogen-bond donors (Lipinski definition) is 1. The van der Waals surface area contributed by atoms with E-state index in [-0.39, 0.29) is 12.0 Å². The van der Waals surface area contributed by atoms with Crippen molar-refractivity contribution < 1.29 is 14.6 Å². The monoisotopic (exact) mass is 298 g/mol. The number of ether oxygens (including phenoxy) is 1. The van der Waals surface area contributed by atoms with Gasteiger partial charge in [0.1, 0.15) is 11.4 Å². The molecule has 1 aliphatic rings. The lowest BCUT2D eigenvalue weighted by molar-refractivity contribution is -0.136. The molecule has 1 aliphatic heterocycles. The summed E-state index contributed by atoms with van der Waals surface area (Å²) in [6.45, 7) is 4.10. The molecule has 0 saturated heterocycles. The number of hydrogen-bond acceptors (Lipinski definition) is 2. The van der Waals surface area contributed by atoms with E-state index in [0.717, 1.165) is 27.8 Å². The topological polar surface area (TPSA) is 46.5 Å². The zero-order valence-corrected chi connectivity index (χ0v) is 11.5. The number of carbonyl (C=O) groups is 1. The molecule has 4 heteroatoms. The molecule has 0 fully saturated rings. The van der Waals surface area contributed by atoms with Crippen LogP contribution in [0.25, 0.3) is 0 Å². The fraction of sp³-hybridized carbons (Fsp3) is 0.462. The Balaban J connectivity index is 2.24. The maximum absolute atomic E-state index is 10.6. The van der Waals surface area contributed by atoms with Gasteiger partial charge in [0.25, 0.3) is 0 Å². The first-order valence-corrected chi connectivity index (χ1v) is 6.39. The second-order valence-corrected chi connectivity index (χ2v) is 5.85. The molecule has 1 aromatic carbocycles. The van der Waals surface area contributed by atoms with Gasteiger partial charge in [-0.15, -0.1) is 0 Å². The van der Waals surface area contributed by atoms with Gasteiger partial charge in [-0.3, -0.25) is 4.79 Å². The van der Waals surface area contributed by atoms with E-state index in [1.54, 1.807) is 0 Å². The Morgan fingerprint density at radius 1 is 1.53 bits per heavy atom. The van der Waals surface area contributed by atoms with Gasteiger partial charge < -0.3 is 9.84 Å². The van der Waals surface area contributed by atoms with Crippen molar-refractivity contribution >= 4 is 21.9 Å². The van der Waals surface area contributed by atoms with Gasteiger partial charge >= 0.3 is 5.97 Å². The van der Waals surface area contributed by atoms with Gasteiger partial charge in [0, 0.05) is 12.8 Å². The van der Waals surface area contributed by atoms with E-state index in [0.29, 0.717) is 6.42 Å². The number of fused-ring (bicyclic) bond motifs is 1. The summed E-state index contributed by atoms with van der Waals surface area (Å²) in [6.07, 6.45) is 1.58. The fourth-order valence-corrected chi connectivity index (χ4v) is 2.75. The minimum atomic E-state index is -0.766. The molecule has 3 nitrogen and oxygen atoms in total. The SMILES string of the molecule is CC1(C)Cc2cc(CCC(=O)O)cc(Br)c2O1.